The Hall–Kier alpha value is -4.00. The highest BCUT2D eigenvalue weighted by molar-refractivity contribution is 6.05. The molecular weight excluding hydrogens is 416 g/mol. The van der Waals surface area contributed by atoms with Gasteiger partial charge in [0, 0.05) is 11.9 Å². The van der Waals surface area contributed by atoms with Crippen molar-refractivity contribution in [2.24, 2.45) is 0 Å². The summed E-state index contributed by atoms with van der Waals surface area (Å²) in [5.74, 6) is -0.915. The normalized spacial score (nSPS) is 10.9. The van der Waals surface area contributed by atoms with E-state index in [-0.39, 0.29) is 23.6 Å². The maximum atomic E-state index is 12.9. The van der Waals surface area contributed by atoms with Crippen molar-refractivity contribution in [3.63, 3.8) is 0 Å². The molecule has 0 radical (unpaired) electrons. The second-order valence-electron chi connectivity index (χ2n) is 7.99. The van der Waals surface area contributed by atoms with Gasteiger partial charge in [-0.15, -0.1) is 0 Å². The summed E-state index contributed by atoms with van der Waals surface area (Å²) in [6.45, 7) is 2.52. The van der Waals surface area contributed by atoms with Gasteiger partial charge in [-0.3, -0.25) is 25.2 Å². The molecule has 0 atom stereocenters. The van der Waals surface area contributed by atoms with Crippen molar-refractivity contribution in [1.82, 2.24) is 20.6 Å². The number of carbonyl (C=O) groups is 2. The Morgan fingerprint density at radius 2 is 1.61 bits per heavy atom. The van der Waals surface area contributed by atoms with Gasteiger partial charge in [-0.25, -0.2) is 4.68 Å². The van der Waals surface area contributed by atoms with E-state index in [1.165, 1.54) is 4.68 Å². The minimum absolute atomic E-state index is 0.104. The molecule has 0 aliphatic heterocycles. The number of benzene rings is 3. The third-order valence-electron chi connectivity index (χ3n) is 5.55. The van der Waals surface area contributed by atoms with Gasteiger partial charge in [0.1, 0.15) is 0 Å². The predicted molar refractivity (Wildman–Crippen MR) is 129 cm³/mol. The van der Waals surface area contributed by atoms with Crippen LogP contribution in [0, 0.1) is 0 Å². The molecule has 0 saturated carbocycles. The molecule has 2 amide bonds. The SMILES string of the molecule is CCCCCn1nc(C(=O)NNC(=O)Cc2ccc3ccccc3c2)c2ccccc2c1=O. The Balaban J connectivity index is 1.49. The van der Waals surface area contributed by atoms with E-state index in [9.17, 15) is 14.4 Å². The summed E-state index contributed by atoms with van der Waals surface area (Å²) in [6.07, 6.45) is 2.90. The first-order valence-electron chi connectivity index (χ1n) is 11.1. The smallest absolute Gasteiger partial charge is 0.273 e. The van der Waals surface area contributed by atoms with Gasteiger partial charge in [-0.05, 0) is 28.8 Å². The number of unbranched alkanes of at least 4 members (excludes halogenated alkanes) is 2. The van der Waals surface area contributed by atoms with Crippen molar-refractivity contribution in [3.8, 4) is 0 Å². The van der Waals surface area contributed by atoms with E-state index in [0.717, 1.165) is 35.6 Å². The van der Waals surface area contributed by atoms with Crippen molar-refractivity contribution in [1.29, 1.82) is 0 Å². The number of rotatable bonds is 7. The molecule has 0 unspecified atom stereocenters. The average Bonchev–Trinajstić information content (AvgIpc) is 2.84. The Morgan fingerprint density at radius 1 is 0.879 bits per heavy atom. The lowest BCUT2D eigenvalue weighted by Gasteiger charge is -2.12. The first-order chi connectivity index (χ1) is 16.1. The quantitative estimate of drug-likeness (QED) is 0.337. The van der Waals surface area contributed by atoms with Crippen LogP contribution >= 0.6 is 0 Å². The summed E-state index contributed by atoms with van der Waals surface area (Å²) in [7, 11) is 0. The maximum absolute atomic E-state index is 12.9. The Morgan fingerprint density at radius 3 is 2.39 bits per heavy atom. The number of nitrogens with one attached hydrogen (secondary N) is 2. The van der Waals surface area contributed by atoms with E-state index in [0.29, 0.717) is 17.3 Å². The predicted octanol–water partition coefficient (Wildman–Crippen LogP) is 3.74. The van der Waals surface area contributed by atoms with Crippen LogP contribution in [-0.4, -0.2) is 21.6 Å². The number of hydrazine groups is 1. The minimum Gasteiger partial charge on any atom is -0.273 e. The third-order valence-corrected chi connectivity index (χ3v) is 5.55. The van der Waals surface area contributed by atoms with E-state index in [2.05, 4.69) is 22.9 Å². The molecule has 0 saturated heterocycles. The van der Waals surface area contributed by atoms with E-state index in [1.807, 2.05) is 42.5 Å². The molecule has 7 nitrogen and oxygen atoms in total. The molecule has 0 fully saturated rings. The fourth-order valence-electron chi connectivity index (χ4n) is 3.83. The zero-order valence-electron chi connectivity index (χ0n) is 18.5. The van der Waals surface area contributed by atoms with Crippen molar-refractivity contribution in [3.05, 3.63) is 88.3 Å². The average molecular weight is 443 g/mol. The van der Waals surface area contributed by atoms with Crippen molar-refractivity contribution < 1.29 is 9.59 Å². The van der Waals surface area contributed by atoms with Crippen LogP contribution in [0.15, 0.2) is 71.5 Å². The molecule has 4 rings (SSSR count). The summed E-state index contributed by atoms with van der Waals surface area (Å²) >= 11 is 0. The first kappa shape index (κ1) is 22.2. The molecule has 4 aromatic rings. The fraction of sp³-hybridized carbons (Fsp3) is 0.231. The van der Waals surface area contributed by atoms with Crippen LogP contribution in [-0.2, 0) is 17.8 Å². The monoisotopic (exact) mass is 442 g/mol. The third kappa shape index (κ3) is 5.09. The maximum Gasteiger partial charge on any atom is 0.290 e. The van der Waals surface area contributed by atoms with Gasteiger partial charge in [0.15, 0.2) is 5.69 Å². The summed E-state index contributed by atoms with van der Waals surface area (Å²) in [6, 6.07) is 20.6. The lowest BCUT2D eigenvalue weighted by atomic mass is 10.1. The van der Waals surface area contributed by atoms with Gasteiger partial charge in [0.25, 0.3) is 11.5 Å². The van der Waals surface area contributed by atoms with Crippen molar-refractivity contribution in [2.45, 2.75) is 39.2 Å². The first-order valence-corrected chi connectivity index (χ1v) is 11.1. The Labute approximate surface area is 191 Å². The number of aromatic nitrogens is 2. The number of carbonyl (C=O) groups excluding carboxylic acids is 2. The summed E-state index contributed by atoms with van der Waals surface area (Å²) in [5.41, 5.74) is 5.63. The molecular formula is C26H26N4O3. The molecule has 168 valence electrons. The highest BCUT2D eigenvalue weighted by Crippen LogP contribution is 2.16. The molecule has 33 heavy (non-hydrogen) atoms. The van der Waals surface area contributed by atoms with Crippen LogP contribution in [0.1, 0.15) is 42.2 Å². The second-order valence-corrected chi connectivity index (χ2v) is 7.99. The largest absolute Gasteiger partial charge is 0.290 e. The number of fused-ring (bicyclic) bond motifs is 2. The van der Waals surface area contributed by atoms with Gasteiger partial charge in [-0.1, -0.05) is 80.4 Å². The zero-order chi connectivity index (χ0) is 23.2. The van der Waals surface area contributed by atoms with Crippen molar-refractivity contribution >= 4 is 33.4 Å². The van der Waals surface area contributed by atoms with E-state index >= 15 is 0 Å². The second kappa shape index (κ2) is 10.1. The molecule has 1 heterocycles. The van der Waals surface area contributed by atoms with Crippen LogP contribution in [0.2, 0.25) is 0 Å². The molecule has 0 aliphatic rings. The van der Waals surface area contributed by atoms with Gasteiger partial charge in [0.2, 0.25) is 5.91 Å². The highest BCUT2D eigenvalue weighted by Gasteiger charge is 2.17. The Bertz CT molecular complexity index is 1380. The molecule has 0 spiro atoms. The number of hydrogen-bond acceptors (Lipinski definition) is 4. The molecule has 0 aliphatic carbocycles. The van der Waals surface area contributed by atoms with Gasteiger partial charge >= 0.3 is 0 Å². The van der Waals surface area contributed by atoms with Crippen LogP contribution in [0.5, 0.6) is 0 Å². The van der Waals surface area contributed by atoms with Gasteiger partial charge < -0.3 is 0 Å². The Kier molecular flexibility index (Phi) is 6.78. The van der Waals surface area contributed by atoms with E-state index in [1.54, 1.807) is 24.3 Å². The summed E-state index contributed by atoms with van der Waals surface area (Å²) in [5, 5.41) is 7.34. The van der Waals surface area contributed by atoms with Gasteiger partial charge in [-0.2, -0.15) is 5.10 Å². The van der Waals surface area contributed by atoms with E-state index in [4.69, 9.17) is 0 Å². The molecule has 7 heteroatoms. The molecule has 2 N–H and O–H groups in total. The van der Waals surface area contributed by atoms with Gasteiger partial charge in [0.05, 0.1) is 11.8 Å². The van der Waals surface area contributed by atoms with Crippen LogP contribution in [0.3, 0.4) is 0 Å². The number of nitrogens with zero attached hydrogens (tertiary/aromatic N) is 2. The topological polar surface area (TPSA) is 93.1 Å². The standard InChI is InChI=1S/C26H26N4O3/c1-2-3-8-15-30-26(33)22-12-7-6-11-21(22)24(29-30)25(32)28-27-23(31)17-18-13-14-19-9-4-5-10-20(19)16-18/h4-7,9-14,16H,2-3,8,15,17H2,1H3,(H,27,31)(H,28,32). The number of aryl methyl sites for hydroxylation is 1. The molecule has 1 aromatic heterocycles. The number of amides is 2. The fourth-order valence-corrected chi connectivity index (χ4v) is 3.83. The summed E-state index contributed by atoms with van der Waals surface area (Å²) in [4.78, 5) is 38.1. The van der Waals surface area contributed by atoms with Crippen LogP contribution < -0.4 is 16.4 Å². The molecule has 0 bridgehead atoms. The van der Waals surface area contributed by atoms with Crippen molar-refractivity contribution in [2.75, 3.05) is 0 Å². The van der Waals surface area contributed by atoms with E-state index < -0.39 is 5.91 Å². The minimum atomic E-state index is -0.567. The molecule has 3 aromatic carbocycles. The number of hydrogen-bond donors (Lipinski definition) is 2. The highest BCUT2D eigenvalue weighted by atomic mass is 16.2. The van der Waals surface area contributed by atoms with Crippen LogP contribution in [0.25, 0.3) is 21.5 Å². The van der Waals surface area contributed by atoms with Crippen LogP contribution in [0.4, 0.5) is 0 Å². The lowest BCUT2D eigenvalue weighted by molar-refractivity contribution is -0.121. The lowest BCUT2D eigenvalue weighted by Crippen LogP contribution is -2.43. The zero-order valence-corrected chi connectivity index (χ0v) is 18.5. The summed E-state index contributed by atoms with van der Waals surface area (Å²) < 4.78 is 1.34.